The molecule has 0 aliphatic carbocycles. The molecular formula is C26H24N2O4. The Morgan fingerprint density at radius 1 is 0.906 bits per heavy atom. The molecule has 162 valence electrons. The van der Waals surface area contributed by atoms with Gasteiger partial charge < -0.3 is 19.5 Å². The Kier molecular flexibility index (Phi) is 6.22. The average Bonchev–Trinajstić information content (AvgIpc) is 2.82. The summed E-state index contributed by atoms with van der Waals surface area (Å²) in [5.41, 5.74) is 3.22. The minimum Gasteiger partial charge on any atom is -0.496 e. The van der Waals surface area contributed by atoms with E-state index in [-0.39, 0.29) is 5.91 Å². The number of nitrogens with zero attached hydrogens (tertiary/aromatic N) is 1. The number of benzene rings is 3. The largest absolute Gasteiger partial charge is 0.496 e. The van der Waals surface area contributed by atoms with Crippen LogP contribution >= 0.6 is 0 Å². The van der Waals surface area contributed by atoms with Crippen molar-refractivity contribution in [3.8, 4) is 23.0 Å². The van der Waals surface area contributed by atoms with Crippen molar-refractivity contribution in [1.82, 2.24) is 10.3 Å². The number of nitrogens with one attached hydrogen (secondary N) is 1. The highest BCUT2D eigenvalue weighted by atomic mass is 16.5. The van der Waals surface area contributed by atoms with Gasteiger partial charge >= 0.3 is 0 Å². The lowest BCUT2D eigenvalue weighted by Gasteiger charge is -2.12. The molecule has 4 aromatic rings. The van der Waals surface area contributed by atoms with E-state index in [0.29, 0.717) is 23.6 Å². The van der Waals surface area contributed by atoms with Gasteiger partial charge in [-0.25, -0.2) is 0 Å². The van der Waals surface area contributed by atoms with Gasteiger partial charge in [-0.15, -0.1) is 0 Å². The molecule has 1 amide bonds. The molecule has 0 fully saturated rings. The number of hydrogen-bond donors (Lipinski definition) is 1. The van der Waals surface area contributed by atoms with Gasteiger partial charge in [-0.3, -0.25) is 9.78 Å². The van der Waals surface area contributed by atoms with Crippen LogP contribution in [0.3, 0.4) is 0 Å². The van der Waals surface area contributed by atoms with Crippen molar-refractivity contribution in [2.24, 2.45) is 0 Å². The number of carbonyl (C=O) groups is 1. The van der Waals surface area contributed by atoms with Gasteiger partial charge in [0.25, 0.3) is 5.91 Å². The van der Waals surface area contributed by atoms with Gasteiger partial charge in [-0.05, 0) is 55.0 Å². The number of hydrogen-bond acceptors (Lipinski definition) is 5. The molecule has 1 N–H and O–H groups in total. The second-order valence-electron chi connectivity index (χ2n) is 7.27. The summed E-state index contributed by atoms with van der Waals surface area (Å²) < 4.78 is 16.9. The van der Waals surface area contributed by atoms with Crippen LogP contribution in [-0.4, -0.2) is 25.1 Å². The maximum absolute atomic E-state index is 12.7. The first-order valence-corrected chi connectivity index (χ1v) is 10.2. The number of para-hydroxylation sites is 1. The predicted molar refractivity (Wildman–Crippen MR) is 124 cm³/mol. The van der Waals surface area contributed by atoms with Gasteiger partial charge in [0.1, 0.15) is 23.0 Å². The van der Waals surface area contributed by atoms with Crippen LogP contribution < -0.4 is 19.5 Å². The van der Waals surface area contributed by atoms with Gasteiger partial charge in [0.2, 0.25) is 0 Å². The number of ether oxygens (including phenoxy) is 3. The molecule has 0 saturated carbocycles. The van der Waals surface area contributed by atoms with Gasteiger partial charge in [-0.2, -0.15) is 0 Å². The number of carbonyl (C=O) groups excluding carboxylic acids is 1. The number of amides is 1. The van der Waals surface area contributed by atoms with Crippen molar-refractivity contribution in [1.29, 1.82) is 0 Å². The summed E-state index contributed by atoms with van der Waals surface area (Å²) in [6, 6.07) is 20.3. The van der Waals surface area contributed by atoms with Gasteiger partial charge in [0.05, 0.1) is 19.7 Å². The van der Waals surface area contributed by atoms with Crippen molar-refractivity contribution >= 4 is 16.8 Å². The Morgan fingerprint density at radius 3 is 2.53 bits per heavy atom. The predicted octanol–water partition coefficient (Wildman–Crippen LogP) is 5.28. The second kappa shape index (κ2) is 9.39. The van der Waals surface area contributed by atoms with E-state index in [0.717, 1.165) is 33.5 Å². The molecule has 4 rings (SSSR count). The van der Waals surface area contributed by atoms with Crippen LogP contribution in [0.15, 0.2) is 72.9 Å². The molecule has 1 aromatic heterocycles. The Bertz CT molecular complexity index is 1270. The van der Waals surface area contributed by atoms with Crippen LogP contribution in [0.25, 0.3) is 10.9 Å². The molecule has 0 aliphatic heterocycles. The minimum atomic E-state index is -0.196. The minimum absolute atomic E-state index is 0.196. The van der Waals surface area contributed by atoms with Crippen molar-refractivity contribution in [3.63, 3.8) is 0 Å². The highest BCUT2D eigenvalue weighted by molar-refractivity contribution is 5.94. The Balaban J connectivity index is 1.54. The molecule has 1 heterocycles. The first-order chi connectivity index (χ1) is 15.6. The van der Waals surface area contributed by atoms with Crippen LogP contribution in [0.2, 0.25) is 0 Å². The molecule has 32 heavy (non-hydrogen) atoms. The number of rotatable bonds is 7. The molecule has 0 spiro atoms. The van der Waals surface area contributed by atoms with Gasteiger partial charge in [-0.1, -0.05) is 24.3 Å². The van der Waals surface area contributed by atoms with Gasteiger partial charge in [0, 0.05) is 29.3 Å². The van der Waals surface area contributed by atoms with Crippen molar-refractivity contribution in [2.45, 2.75) is 13.5 Å². The van der Waals surface area contributed by atoms with Crippen molar-refractivity contribution < 1.29 is 19.0 Å². The maximum Gasteiger partial charge on any atom is 0.251 e. The van der Waals surface area contributed by atoms with E-state index in [1.807, 2.05) is 49.4 Å². The fourth-order valence-corrected chi connectivity index (χ4v) is 3.52. The van der Waals surface area contributed by atoms with Crippen molar-refractivity contribution in [2.75, 3.05) is 14.2 Å². The van der Waals surface area contributed by atoms with Crippen LogP contribution in [-0.2, 0) is 6.54 Å². The molecule has 0 atom stereocenters. The van der Waals surface area contributed by atoms with Crippen LogP contribution in [0.5, 0.6) is 23.0 Å². The summed E-state index contributed by atoms with van der Waals surface area (Å²) in [6.45, 7) is 2.34. The zero-order valence-electron chi connectivity index (χ0n) is 18.2. The monoisotopic (exact) mass is 428 g/mol. The van der Waals surface area contributed by atoms with E-state index >= 15 is 0 Å². The van der Waals surface area contributed by atoms with E-state index in [9.17, 15) is 4.79 Å². The van der Waals surface area contributed by atoms with Crippen LogP contribution in [0.4, 0.5) is 0 Å². The number of aromatic nitrogens is 1. The third-order valence-electron chi connectivity index (χ3n) is 5.17. The molecular weight excluding hydrogens is 404 g/mol. The van der Waals surface area contributed by atoms with Crippen LogP contribution in [0.1, 0.15) is 21.5 Å². The fraction of sp³-hybridized carbons (Fsp3) is 0.154. The topological polar surface area (TPSA) is 69.7 Å². The SMILES string of the molecule is COc1cc2c(Oc3cccc(C(=O)NCc4ccccc4OC)c3)ccnc2cc1C. The molecule has 3 aromatic carbocycles. The highest BCUT2D eigenvalue weighted by Gasteiger charge is 2.12. The van der Waals surface area contributed by atoms with E-state index in [2.05, 4.69) is 10.3 Å². The zero-order valence-corrected chi connectivity index (χ0v) is 18.2. The highest BCUT2D eigenvalue weighted by Crippen LogP contribution is 2.33. The number of methoxy groups -OCH3 is 2. The quantitative estimate of drug-likeness (QED) is 0.434. The zero-order chi connectivity index (χ0) is 22.5. The lowest BCUT2D eigenvalue weighted by molar-refractivity contribution is 0.0950. The second-order valence-corrected chi connectivity index (χ2v) is 7.27. The van der Waals surface area contributed by atoms with E-state index in [4.69, 9.17) is 14.2 Å². The summed E-state index contributed by atoms with van der Waals surface area (Å²) >= 11 is 0. The van der Waals surface area contributed by atoms with Crippen LogP contribution in [0, 0.1) is 6.92 Å². The number of fused-ring (bicyclic) bond motifs is 1. The normalized spacial score (nSPS) is 10.6. The summed E-state index contributed by atoms with van der Waals surface area (Å²) in [7, 11) is 3.25. The lowest BCUT2D eigenvalue weighted by Crippen LogP contribution is -2.23. The first kappa shape index (κ1) is 21.2. The lowest BCUT2D eigenvalue weighted by atomic mass is 10.1. The first-order valence-electron chi connectivity index (χ1n) is 10.2. The summed E-state index contributed by atoms with van der Waals surface area (Å²) in [4.78, 5) is 17.1. The van der Waals surface area contributed by atoms with E-state index < -0.39 is 0 Å². The summed E-state index contributed by atoms with van der Waals surface area (Å²) in [5, 5.41) is 3.77. The third kappa shape index (κ3) is 4.49. The van der Waals surface area contributed by atoms with Crippen molar-refractivity contribution in [3.05, 3.63) is 89.6 Å². The maximum atomic E-state index is 12.7. The number of aryl methyl sites for hydroxylation is 1. The smallest absolute Gasteiger partial charge is 0.251 e. The summed E-state index contributed by atoms with van der Waals surface area (Å²) in [5.74, 6) is 2.50. The Hall–Kier alpha value is -4.06. The molecule has 0 bridgehead atoms. The standard InChI is InChI=1S/C26H24N2O4/c1-17-13-22-21(15-25(17)31-3)24(11-12-27-22)32-20-9-6-8-18(14-20)26(29)28-16-19-7-4-5-10-23(19)30-2/h4-15H,16H2,1-3H3,(H,28,29). The van der Waals surface area contributed by atoms with E-state index in [1.165, 1.54) is 0 Å². The summed E-state index contributed by atoms with van der Waals surface area (Å²) in [6.07, 6.45) is 1.70. The van der Waals surface area contributed by atoms with E-state index in [1.54, 1.807) is 44.7 Å². The Labute approximate surface area is 186 Å². The Morgan fingerprint density at radius 2 is 1.72 bits per heavy atom. The molecule has 6 nitrogen and oxygen atoms in total. The van der Waals surface area contributed by atoms with Gasteiger partial charge in [0.15, 0.2) is 0 Å². The average molecular weight is 428 g/mol. The molecule has 0 saturated heterocycles. The number of pyridine rings is 1. The molecule has 0 radical (unpaired) electrons. The third-order valence-corrected chi connectivity index (χ3v) is 5.17. The molecule has 6 heteroatoms. The molecule has 0 unspecified atom stereocenters. The molecule has 0 aliphatic rings. The fourth-order valence-electron chi connectivity index (χ4n) is 3.52.